The van der Waals surface area contributed by atoms with Crippen LogP contribution in [0.2, 0.25) is 0 Å². The summed E-state index contributed by atoms with van der Waals surface area (Å²) in [6, 6.07) is 12.7. The third-order valence-electron chi connectivity index (χ3n) is 5.66. The maximum absolute atomic E-state index is 13.0. The van der Waals surface area contributed by atoms with Crippen molar-refractivity contribution in [2.75, 3.05) is 45.7 Å². The van der Waals surface area contributed by atoms with E-state index >= 15 is 0 Å². The Labute approximate surface area is 208 Å². The average molecular weight is 497 g/mol. The smallest absolute Gasteiger partial charge is 0.255 e. The monoisotopic (exact) mass is 496 g/mol. The number of likely N-dealkylation sites (N-methyl/N-ethyl adjacent to an activating group) is 1. The van der Waals surface area contributed by atoms with Crippen LogP contribution in [-0.4, -0.2) is 66.9 Å². The van der Waals surface area contributed by atoms with Crippen LogP contribution >= 0.6 is 23.1 Å². The van der Waals surface area contributed by atoms with Gasteiger partial charge < -0.3 is 19.9 Å². The summed E-state index contributed by atoms with van der Waals surface area (Å²) in [5.74, 6) is 1.01. The van der Waals surface area contributed by atoms with Crippen molar-refractivity contribution in [1.29, 1.82) is 0 Å². The summed E-state index contributed by atoms with van der Waals surface area (Å²) in [7, 11) is 3.60. The molecule has 2 heterocycles. The van der Waals surface area contributed by atoms with E-state index in [9.17, 15) is 9.59 Å². The van der Waals surface area contributed by atoms with Gasteiger partial charge in [0.05, 0.1) is 12.8 Å². The van der Waals surface area contributed by atoms with E-state index in [0.717, 1.165) is 34.4 Å². The zero-order chi connectivity index (χ0) is 24.1. The van der Waals surface area contributed by atoms with Gasteiger partial charge in [-0.1, -0.05) is 23.9 Å². The number of piperazine rings is 1. The van der Waals surface area contributed by atoms with Crippen LogP contribution in [0, 0.1) is 6.92 Å². The minimum Gasteiger partial charge on any atom is -0.495 e. The highest BCUT2D eigenvalue weighted by Crippen LogP contribution is 2.28. The van der Waals surface area contributed by atoms with E-state index in [2.05, 4.69) is 22.2 Å². The molecular weight excluding hydrogens is 468 g/mol. The van der Waals surface area contributed by atoms with Gasteiger partial charge >= 0.3 is 0 Å². The van der Waals surface area contributed by atoms with Crippen molar-refractivity contribution in [3.8, 4) is 5.75 Å². The molecule has 0 spiro atoms. The number of nitrogens with one attached hydrogen (secondary N) is 1. The highest BCUT2D eigenvalue weighted by molar-refractivity contribution is 8.00. The van der Waals surface area contributed by atoms with Gasteiger partial charge in [-0.3, -0.25) is 9.59 Å². The number of thiazole rings is 1. The summed E-state index contributed by atoms with van der Waals surface area (Å²) in [5, 5.41) is 4.95. The van der Waals surface area contributed by atoms with Crippen LogP contribution in [-0.2, 0) is 5.75 Å². The third-order valence-corrected chi connectivity index (χ3v) is 7.87. The summed E-state index contributed by atoms with van der Waals surface area (Å²) in [6.07, 6.45) is 0. The molecular formula is C25H28N4O3S2. The lowest BCUT2D eigenvalue weighted by Crippen LogP contribution is -2.47. The van der Waals surface area contributed by atoms with Crippen LogP contribution < -0.4 is 10.1 Å². The molecule has 4 rings (SSSR count). The van der Waals surface area contributed by atoms with Gasteiger partial charge in [-0.15, -0.1) is 11.3 Å². The first kappa shape index (κ1) is 24.3. The number of hydrogen-bond donors (Lipinski definition) is 1. The van der Waals surface area contributed by atoms with E-state index in [0.29, 0.717) is 35.7 Å². The third kappa shape index (κ3) is 5.97. The van der Waals surface area contributed by atoms with E-state index in [-0.39, 0.29) is 11.8 Å². The maximum Gasteiger partial charge on any atom is 0.255 e. The summed E-state index contributed by atoms with van der Waals surface area (Å²) in [5.41, 5.74) is 3.70. The molecule has 0 atom stereocenters. The molecule has 34 heavy (non-hydrogen) atoms. The number of benzene rings is 2. The summed E-state index contributed by atoms with van der Waals surface area (Å²) in [6.45, 7) is 5.07. The number of rotatable bonds is 7. The lowest BCUT2D eigenvalue weighted by Gasteiger charge is -2.32. The highest BCUT2D eigenvalue weighted by atomic mass is 32.2. The first-order chi connectivity index (χ1) is 16.4. The largest absolute Gasteiger partial charge is 0.495 e. The standard InChI is InChI=1S/C25H28N4O3S2/c1-17-15-33-25(26-17)34-16-18-4-6-19(7-5-18)23(30)27-21-14-20(8-9-22(21)32-3)24(31)29-12-10-28(2)11-13-29/h4-9,14-15H,10-13,16H2,1-3H3,(H,27,30). The van der Waals surface area contributed by atoms with Gasteiger partial charge in [0.15, 0.2) is 0 Å². The van der Waals surface area contributed by atoms with Crippen LogP contribution in [0.15, 0.2) is 52.2 Å². The zero-order valence-electron chi connectivity index (χ0n) is 19.5. The fourth-order valence-corrected chi connectivity index (χ4v) is 5.43. The van der Waals surface area contributed by atoms with Crippen LogP contribution in [0.4, 0.5) is 5.69 Å². The minimum atomic E-state index is -0.253. The quantitative estimate of drug-likeness (QED) is 0.489. The van der Waals surface area contributed by atoms with Crippen molar-refractivity contribution in [3.05, 3.63) is 70.2 Å². The molecule has 0 saturated carbocycles. The molecule has 7 nitrogen and oxygen atoms in total. The predicted molar refractivity (Wildman–Crippen MR) is 137 cm³/mol. The van der Waals surface area contributed by atoms with Gasteiger partial charge in [0, 0.05) is 54.1 Å². The number of carbonyl (C=O) groups excluding carboxylic acids is 2. The molecule has 3 aromatic rings. The highest BCUT2D eigenvalue weighted by Gasteiger charge is 2.22. The molecule has 1 aliphatic rings. The molecule has 9 heteroatoms. The van der Waals surface area contributed by atoms with Crippen LogP contribution in [0.1, 0.15) is 32.0 Å². The molecule has 1 aromatic heterocycles. The van der Waals surface area contributed by atoms with E-state index in [1.54, 1.807) is 48.4 Å². The molecule has 2 amide bonds. The number of thioether (sulfide) groups is 1. The van der Waals surface area contributed by atoms with Crippen molar-refractivity contribution in [3.63, 3.8) is 0 Å². The van der Waals surface area contributed by atoms with Gasteiger partial charge in [0.2, 0.25) is 0 Å². The molecule has 0 bridgehead atoms. The van der Waals surface area contributed by atoms with Gasteiger partial charge in [0.25, 0.3) is 11.8 Å². The van der Waals surface area contributed by atoms with E-state index in [1.807, 2.05) is 41.5 Å². The lowest BCUT2D eigenvalue weighted by atomic mass is 10.1. The number of amides is 2. The van der Waals surface area contributed by atoms with Crippen molar-refractivity contribution in [2.45, 2.75) is 17.0 Å². The van der Waals surface area contributed by atoms with Crippen LogP contribution in [0.25, 0.3) is 0 Å². The van der Waals surface area contributed by atoms with Crippen LogP contribution in [0.3, 0.4) is 0 Å². The number of methoxy groups -OCH3 is 1. The van der Waals surface area contributed by atoms with Crippen molar-refractivity contribution < 1.29 is 14.3 Å². The minimum absolute atomic E-state index is 0.0384. The molecule has 1 saturated heterocycles. The first-order valence-electron chi connectivity index (χ1n) is 11.0. The Hall–Kier alpha value is -2.88. The second-order valence-electron chi connectivity index (χ2n) is 8.21. The fourth-order valence-electron chi connectivity index (χ4n) is 3.62. The fraction of sp³-hybridized carbons (Fsp3) is 0.320. The number of carbonyl (C=O) groups is 2. The topological polar surface area (TPSA) is 74.8 Å². The lowest BCUT2D eigenvalue weighted by molar-refractivity contribution is 0.0664. The predicted octanol–water partition coefficient (Wildman–Crippen LogP) is 4.39. The van der Waals surface area contributed by atoms with E-state index < -0.39 is 0 Å². The van der Waals surface area contributed by atoms with Crippen molar-refractivity contribution in [2.24, 2.45) is 0 Å². The Bertz CT molecular complexity index is 1160. The molecule has 1 fully saturated rings. The number of ether oxygens (including phenoxy) is 1. The average Bonchev–Trinajstić information content (AvgIpc) is 3.28. The number of aromatic nitrogens is 1. The van der Waals surface area contributed by atoms with E-state index in [1.165, 1.54) is 0 Å². The molecule has 178 valence electrons. The first-order valence-corrected chi connectivity index (χ1v) is 12.9. The summed E-state index contributed by atoms with van der Waals surface area (Å²) >= 11 is 3.32. The Morgan fingerprint density at radius 2 is 1.79 bits per heavy atom. The normalized spacial score (nSPS) is 14.1. The molecule has 0 radical (unpaired) electrons. The number of aryl methyl sites for hydroxylation is 1. The molecule has 1 aliphatic heterocycles. The van der Waals surface area contributed by atoms with E-state index in [4.69, 9.17) is 4.74 Å². The Morgan fingerprint density at radius 3 is 2.44 bits per heavy atom. The molecule has 0 aliphatic carbocycles. The summed E-state index contributed by atoms with van der Waals surface area (Å²) < 4.78 is 6.46. The van der Waals surface area contributed by atoms with Crippen molar-refractivity contribution in [1.82, 2.24) is 14.8 Å². The summed E-state index contributed by atoms with van der Waals surface area (Å²) in [4.78, 5) is 34.4. The van der Waals surface area contributed by atoms with Gasteiger partial charge in [-0.05, 0) is 49.9 Å². The maximum atomic E-state index is 13.0. The number of nitrogens with zero attached hydrogens (tertiary/aromatic N) is 3. The number of anilines is 1. The molecule has 2 aromatic carbocycles. The van der Waals surface area contributed by atoms with Gasteiger partial charge in [-0.25, -0.2) is 4.98 Å². The Morgan fingerprint density at radius 1 is 1.09 bits per heavy atom. The van der Waals surface area contributed by atoms with Crippen LogP contribution in [0.5, 0.6) is 5.75 Å². The molecule has 0 unspecified atom stereocenters. The van der Waals surface area contributed by atoms with Gasteiger partial charge in [-0.2, -0.15) is 0 Å². The SMILES string of the molecule is COc1ccc(C(=O)N2CCN(C)CC2)cc1NC(=O)c1ccc(CSc2nc(C)cs2)cc1. The van der Waals surface area contributed by atoms with Gasteiger partial charge in [0.1, 0.15) is 10.1 Å². The zero-order valence-corrected chi connectivity index (χ0v) is 21.2. The Balaban J connectivity index is 1.42. The second kappa shape index (κ2) is 11.0. The molecule has 1 N–H and O–H groups in total. The Kier molecular flexibility index (Phi) is 7.87. The number of hydrogen-bond acceptors (Lipinski definition) is 7. The van der Waals surface area contributed by atoms with Crippen molar-refractivity contribution >= 4 is 40.6 Å². The second-order valence-corrected chi connectivity index (χ2v) is 10.3.